The van der Waals surface area contributed by atoms with Gasteiger partial charge in [0.2, 0.25) is 5.82 Å². The third-order valence-electron chi connectivity index (χ3n) is 3.42. The number of rotatable bonds is 5. The SMILES string of the molecule is CCNc1cc(NCC2CCOC2C)nc(C(F)(F)F)n1. The van der Waals surface area contributed by atoms with Gasteiger partial charge in [0, 0.05) is 31.7 Å². The van der Waals surface area contributed by atoms with E-state index in [9.17, 15) is 13.2 Å². The van der Waals surface area contributed by atoms with Gasteiger partial charge in [0.05, 0.1) is 6.10 Å². The molecule has 1 aliphatic heterocycles. The maximum Gasteiger partial charge on any atom is 0.451 e. The lowest BCUT2D eigenvalue weighted by atomic mass is 10.0. The monoisotopic (exact) mass is 304 g/mol. The second kappa shape index (κ2) is 6.46. The van der Waals surface area contributed by atoms with Gasteiger partial charge in [-0.1, -0.05) is 0 Å². The van der Waals surface area contributed by atoms with E-state index in [-0.39, 0.29) is 23.7 Å². The summed E-state index contributed by atoms with van der Waals surface area (Å²) in [5.41, 5.74) is 0. The van der Waals surface area contributed by atoms with Gasteiger partial charge in [-0.25, -0.2) is 9.97 Å². The number of alkyl halides is 3. The highest BCUT2D eigenvalue weighted by Gasteiger charge is 2.35. The first-order valence-corrected chi connectivity index (χ1v) is 6.95. The topological polar surface area (TPSA) is 59.1 Å². The Balaban J connectivity index is 2.11. The Bertz CT molecular complexity index is 481. The summed E-state index contributed by atoms with van der Waals surface area (Å²) >= 11 is 0. The molecule has 0 aromatic carbocycles. The molecule has 2 atom stereocenters. The normalized spacial score (nSPS) is 22.3. The average Bonchev–Trinajstić information content (AvgIpc) is 2.81. The van der Waals surface area contributed by atoms with Crippen molar-refractivity contribution in [3.8, 4) is 0 Å². The van der Waals surface area contributed by atoms with Crippen LogP contribution in [0.4, 0.5) is 24.8 Å². The van der Waals surface area contributed by atoms with Crippen molar-refractivity contribution in [1.29, 1.82) is 0 Å². The van der Waals surface area contributed by atoms with Crippen LogP contribution in [0.5, 0.6) is 0 Å². The van der Waals surface area contributed by atoms with Gasteiger partial charge >= 0.3 is 6.18 Å². The maximum absolute atomic E-state index is 12.8. The summed E-state index contributed by atoms with van der Waals surface area (Å²) in [6.07, 6.45) is -3.56. The second-order valence-corrected chi connectivity index (χ2v) is 5.00. The van der Waals surface area contributed by atoms with Crippen LogP contribution in [0.15, 0.2) is 6.07 Å². The molecule has 1 saturated heterocycles. The molecule has 0 aliphatic carbocycles. The molecular weight excluding hydrogens is 285 g/mol. The summed E-state index contributed by atoms with van der Waals surface area (Å²) < 4.78 is 43.8. The van der Waals surface area contributed by atoms with Crippen molar-refractivity contribution in [3.05, 3.63) is 11.9 Å². The molecule has 118 valence electrons. The van der Waals surface area contributed by atoms with E-state index >= 15 is 0 Å². The highest BCUT2D eigenvalue weighted by molar-refractivity contribution is 5.47. The highest BCUT2D eigenvalue weighted by atomic mass is 19.4. The van der Waals surface area contributed by atoms with Crippen LogP contribution in [0.3, 0.4) is 0 Å². The lowest BCUT2D eigenvalue weighted by Crippen LogP contribution is -2.22. The van der Waals surface area contributed by atoms with Gasteiger partial charge in [-0.3, -0.25) is 0 Å². The van der Waals surface area contributed by atoms with E-state index in [2.05, 4.69) is 20.6 Å². The zero-order valence-corrected chi connectivity index (χ0v) is 12.0. The standard InChI is InChI=1S/C13H19F3N4O/c1-3-17-10-6-11(20-12(19-10)13(14,15)16)18-7-9-4-5-21-8(9)2/h6,8-9H,3-5,7H2,1-2H3,(H2,17,18,19,20). The van der Waals surface area contributed by atoms with Crippen LogP contribution in [0.25, 0.3) is 0 Å². The molecule has 0 amide bonds. The van der Waals surface area contributed by atoms with Gasteiger partial charge in [-0.2, -0.15) is 13.2 Å². The fourth-order valence-electron chi connectivity index (χ4n) is 2.22. The quantitative estimate of drug-likeness (QED) is 0.876. The highest BCUT2D eigenvalue weighted by Crippen LogP contribution is 2.28. The van der Waals surface area contributed by atoms with E-state index < -0.39 is 12.0 Å². The third-order valence-corrected chi connectivity index (χ3v) is 3.42. The van der Waals surface area contributed by atoms with Crippen LogP contribution >= 0.6 is 0 Å². The summed E-state index contributed by atoms with van der Waals surface area (Å²) in [5, 5.41) is 5.74. The van der Waals surface area contributed by atoms with Gasteiger partial charge in [0.25, 0.3) is 0 Å². The molecule has 1 aromatic heterocycles. The number of nitrogens with zero attached hydrogens (tertiary/aromatic N) is 2. The molecule has 0 saturated carbocycles. The van der Waals surface area contributed by atoms with Gasteiger partial charge in [-0.15, -0.1) is 0 Å². The van der Waals surface area contributed by atoms with Crippen molar-refractivity contribution in [2.75, 3.05) is 30.3 Å². The van der Waals surface area contributed by atoms with Crippen molar-refractivity contribution < 1.29 is 17.9 Å². The van der Waals surface area contributed by atoms with E-state index in [4.69, 9.17) is 4.74 Å². The Kier molecular flexibility index (Phi) is 4.87. The third kappa shape index (κ3) is 4.20. The first-order valence-electron chi connectivity index (χ1n) is 6.95. The molecule has 1 aliphatic rings. The second-order valence-electron chi connectivity index (χ2n) is 5.00. The van der Waals surface area contributed by atoms with Crippen LogP contribution in [0.1, 0.15) is 26.1 Å². The van der Waals surface area contributed by atoms with Gasteiger partial charge < -0.3 is 15.4 Å². The average molecular weight is 304 g/mol. The van der Waals surface area contributed by atoms with Crippen molar-refractivity contribution in [3.63, 3.8) is 0 Å². The molecule has 0 bridgehead atoms. The van der Waals surface area contributed by atoms with Crippen molar-refractivity contribution >= 4 is 11.6 Å². The minimum atomic E-state index is -4.56. The zero-order valence-electron chi connectivity index (χ0n) is 12.0. The molecule has 5 nitrogen and oxygen atoms in total. The molecule has 2 N–H and O–H groups in total. The number of hydrogen-bond donors (Lipinski definition) is 2. The Labute approximate surface area is 121 Å². The molecule has 1 fully saturated rings. The minimum Gasteiger partial charge on any atom is -0.378 e. The van der Waals surface area contributed by atoms with Gasteiger partial charge in [-0.05, 0) is 20.3 Å². The molecule has 0 spiro atoms. The summed E-state index contributed by atoms with van der Waals surface area (Å²) in [6, 6.07) is 1.49. The summed E-state index contributed by atoms with van der Waals surface area (Å²) in [5.74, 6) is -0.526. The number of ether oxygens (including phenoxy) is 1. The predicted octanol–water partition coefficient (Wildman–Crippen LogP) is 2.76. The summed E-state index contributed by atoms with van der Waals surface area (Å²) in [6.45, 7) is 5.46. The molecule has 2 heterocycles. The summed E-state index contributed by atoms with van der Waals surface area (Å²) in [4.78, 5) is 7.02. The molecular formula is C13H19F3N4O. The molecule has 0 radical (unpaired) electrons. The van der Waals surface area contributed by atoms with Crippen molar-refractivity contribution in [2.24, 2.45) is 5.92 Å². The molecule has 8 heteroatoms. The molecule has 2 unspecified atom stereocenters. The van der Waals surface area contributed by atoms with Gasteiger partial charge in [0.15, 0.2) is 0 Å². The Morgan fingerprint density at radius 1 is 1.29 bits per heavy atom. The number of anilines is 2. The number of nitrogens with one attached hydrogen (secondary N) is 2. The fraction of sp³-hybridized carbons (Fsp3) is 0.692. The lowest BCUT2D eigenvalue weighted by molar-refractivity contribution is -0.144. The first-order chi connectivity index (χ1) is 9.90. The number of aromatic nitrogens is 2. The van der Waals surface area contributed by atoms with Crippen LogP contribution in [0.2, 0.25) is 0 Å². The van der Waals surface area contributed by atoms with E-state index in [1.807, 2.05) is 6.92 Å². The maximum atomic E-state index is 12.8. The number of halogens is 3. The van der Waals surface area contributed by atoms with E-state index in [1.165, 1.54) is 6.07 Å². The summed E-state index contributed by atoms with van der Waals surface area (Å²) in [7, 11) is 0. The minimum absolute atomic E-state index is 0.106. The molecule has 1 aromatic rings. The van der Waals surface area contributed by atoms with Crippen LogP contribution < -0.4 is 10.6 Å². The lowest BCUT2D eigenvalue weighted by Gasteiger charge is -2.16. The van der Waals surface area contributed by atoms with E-state index in [0.29, 0.717) is 19.7 Å². The van der Waals surface area contributed by atoms with Crippen molar-refractivity contribution in [2.45, 2.75) is 32.5 Å². The zero-order chi connectivity index (χ0) is 15.5. The fourth-order valence-corrected chi connectivity index (χ4v) is 2.22. The van der Waals surface area contributed by atoms with Gasteiger partial charge in [0.1, 0.15) is 11.6 Å². The van der Waals surface area contributed by atoms with Crippen LogP contribution in [-0.4, -0.2) is 35.8 Å². The first kappa shape index (κ1) is 15.8. The van der Waals surface area contributed by atoms with Crippen molar-refractivity contribution in [1.82, 2.24) is 9.97 Å². The smallest absolute Gasteiger partial charge is 0.378 e. The van der Waals surface area contributed by atoms with Crippen LogP contribution in [0, 0.1) is 5.92 Å². The largest absolute Gasteiger partial charge is 0.451 e. The van der Waals surface area contributed by atoms with E-state index in [1.54, 1.807) is 6.92 Å². The van der Waals surface area contributed by atoms with Crippen LogP contribution in [-0.2, 0) is 10.9 Å². The Hall–Kier alpha value is -1.57. The Morgan fingerprint density at radius 3 is 2.48 bits per heavy atom. The Morgan fingerprint density at radius 2 is 1.95 bits per heavy atom. The molecule has 2 rings (SSSR count). The number of hydrogen-bond acceptors (Lipinski definition) is 5. The predicted molar refractivity (Wildman–Crippen MR) is 73.2 cm³/mol. The van der Waals surface area contributed by atoms with E-state index in [0.717, 1.165) is 6.42 Å². The molecule has 21 heavy (non-hydrogen) atoms.